The molecule has 2 amide bonds. The van der Waals surface area contributed by atoms with Crippen LogP contribution in [0, 0.1) is 6.92 Å². The number of fused-ring (bicyclic) bond motifs is 1. The second-order valence-corrected chi connectivity index (χ2v) is 5.70. The van der Waals surface area contributed by atoms with Gasteiger partial charge in [-0.2, -0.15) is 0 Å². The first-order valence-corrected chi connectivity index (χ1v) is 7.27. The molecular weight excluding hydrogens is 274 g/mol. The third-order valence-electron chi connectivity index (χ3n) is 3.33. The molecular formula is C14H15N3O2S. The monoisotopic (exact) mass is 289 g/mol. The molecule has 1 heterocycles. The van der Waals surface area contributed by atoms with Gasteiger partial charge in [-0.15, -0.1) is 11.3 Å². The molecule has 0 radical (unpaired) electrons. The standard InChI is InChI=1S/C14H15N3O2S/c1-8-7-20-14(15-8)17-13(19)16-12-10-5-3-2-4-9(10)6-11(12)18/h2-5,7,11-12,18H,6H2,1H3,(H2,15,16,17,19)/t11-,12+/m0/s1. The summed E-state index contributed by atoms with van der Waals surface area (Å²) < 4.78 is 0. The lowest BCUT2D eigenvalue weighted by Gasteiger charge is -2.17. The third kappa shape index (κ3) is 2.52. The summed E-state index contributed by atoms with van der Waals surface area (Å²) in [4.78, 5) is 16.1. The molecule has 0 unspecified atom stereocenters. The number of nitrogens with zero attached hydrogens (tertiary/aromatic N) is 1. The Morgan fingerprint density at radius 3 is 3.00 bits per heavy atom. The summed E-state index contributed by atoms with van der Waals surface area (Å²) in [7, 11) is 0. The zero-order chi connectivity index (χ0) is 14.1. The zero-order valence-electron chi connectivity index (χ0n) is 11.0. The number of carbonyl (C=O) groups is 1. The fourth-order valence-corrected chi connectivity index (χ4v) is 3.12. The second-order valence-electron chi connectivity index (χ2n) is 4.84. The second kappa shape index (κ2) is 5.22. The summed E-state index contributed by atoms with van der Waals surface area (Å²) in [5.74, 6) is 0. The molecule has 3 N–H and O–H groups in total. The smallest absolute Gasteiger partial charge is 0.321 e. The predicted molar refractivity (Wildman–Crippen MR) is 77.9 cm³/mol. The van der Waals surface area contributed by atoms with Gasteiger partial charge in [0.15, 0.2) is 5.13 Å². The first-order chi connectivity index (χ1) is 9.63. The van der Waals surface area contributed by atoms with E-state index in [0.717, 1.165) is 16.8 Å². The Morgan fingerprint density at radius 2 is 2.25 bits per heavy atom. The number of rotatable bonds is 2. The average molecular weight is 289 g/mol. The highest BCUT2D eigenvalue weighted by Gasteiger charge is 2.31. The number of benzene rings is 1. The molecule has 1 aliphatic carbocycles. The molecule has 0 saturated carbocycles. The van der Waals surface area contributed by atoms with Gasteiger partial charge in [0.05, 0.1) is 17.8 Å². The molecule has 1 aliphatic rings. The summed E-state index contributed by atoms with van der Waals surface area (Å²) in [5.41, 5.74) is 2.93. The van der Waals surface area contributed by atoms with Gasteiger partial charge in [0.1, 0.15) is 0 Å². The van der Waals surface area contributed by atoms with Gasteiger partial charge >= 0.3 is 6.03 Å². The van der Waals surface area contributed by atoms with Crippen molar-refractivity contribution in [1.82, 2.24) is 10.3 Å². The Balaban J connectivity index is 1.70. The molecule has 104 valence electrons. The van der Waals surface area contributed by atoms with Crippen LogP contribution in [0.1, 0.15) is 22.9 Å². The van der Waals surface area contributed by atoms with Gasteiger partial charge < -0.3 is 10.4 Å². The largest absolute Gasteiger partial charge is 0.390 e. The maximum atomic E-state index is 12.0. The lowest BCUT2D eigenvalue weighted by Crippen LogP contribution is -2.36. The van der Waals surface area contributed by atoms with Crippen molar-refractivity contribution in [1.29, 1.82) is 0 Å². The molecule has 0 saturated heterocycles. The minimum absolute atomic E-state index is 0.347. The molecule has 0 bridgehead atoms. The minimum Gasteiger partial charge on any atom is -0.390 e. The number of aliphatic hydroxyl groups is 1. The van der Waals surface area contributed by atoms with Gasteiger partial charge in [-0.1, -0.05) is 24.3 Å². The van der Waals surface area contributed by atoms with E-state index in [1.165, 1.54) is 11.3 Å². The SMILES string of the molecule is Cc1csc(NC(=O)N[C@@H]2c3ccccc3C[C@@H]2O)n1. The maximum absolute atomic E-state index is 12.0. The Hall–Kier alpha value is -1.92. The van der Waals surface area contributed by atoms with Crippen LogP contribution in [0.5, 0.6) is 0 Å². The Bertz CT molecular complexity index is 641. The van der Waals surface area contributed by atoms with Crippen molar-refractivity contribution in [2.45, 2.75) is 25.5 Å². The number of nitrogens with one attached hydrogen (secondary N) is 2. The fourth-order valence-electron chi connectivity index (χ4n) is 2.43. The number of thiazole rings is 1. The van der Waals surface area contributed by atoms with E-state index in [-0.39, 0.29) is 12.1 Å². The van der Waals surface area contributed by atoms with Crippen LogP contribution in [-0.4, -0.2) is 22.2 Å². The van der Waals surface area contributed by atoms with Crippen LogP contribution in [0.25, 0.3) is 0 Å². The van der Waals surface area contributed by atoms with Crippen LogP contribution in [0.2, 0.25) is 0 Å². The van der Waals surface area contributed by atoms with E-state index in [0.29, 0.717) is 11.6 Å². The van der Waals surface area contributed by atoms with Gasteiger partial charge in [0.2, 0.25) is 0 Å². The van der Waals surface area contributed by atoms with E-state index in [9.17, 15) is 9.90 Å². The van der Waals surface area contributed by atoms with Gasteiger partial charge in [-0.05, 0) is 18.1 Å². The zero-order valence-corrected chi connectivity index (χ0v) is 11.8. The maximum Gasteiger partial charge on any atom is 0.321 e. The van der Waals surface area contributed by atoms with Crippen LogP contribution in [0.3, 0.4) is 0 Å². The van der Waals surface area contributed by atoms with E-state index in [4.69, 9.17) is 0 Å². The molecule has 0 spiro atoms. The van der Waals surface area contributed by atoms with Crippen molar-refractivity contribution in [2.24, 2.45) is 0 Å². The first kappa shape index (κ1) is 13.1. The number of hydrogen-bond acceptors (Lipinski definition) is 4. The number of aromatic nitrogens is 1. The first-order valence-electron chi connectivity index (χ1n) is 6.39. The molecule has 0 fully saturated rings. The highest BCUT2D eigenvalue weighted by molar-refractivity contribution is 7.13. The molecule has 1 aromatic carbocycles. The number of anilines is 1. The van der Waals surface area contributed by atoms with E-state index in [2.05, 4.69) is 15.6 Å². The predicted octanol–water partition coefficient (Wildman–Crippen LogP) is 2.23. The number of amides is 2. The van der Waals surface area contributed by atoms with E-state index >= 15 is 0 Å². The van der Waals surface area contributed by atoms with Crippen molar-refractivity contribution < 1.29 is 9.90 Å². The minimum atomic E-state index is -0.587. The summed E-state index contributed by atoms with van der Waals surface area (Å²) >= 11 is 1.38. The lowest BCUT2D eigenvalue weighted by atomic mass is 10.1. The van der Waals surface area contributed by atoms with Crippen molar-refractivity contribution in [3.8, 4) is 0 Å². The normalized spacial score (nSPS) is 20.5. The van der Waals surface area contributed by atoms with Gasteiger partial charge in [-0.25, -0.2) is 9.78 Å². The lowest BCUT2D eigenvalue weighted by molar-refractivity contribution is 0.144. The summed E-state index contributed by atoms with van der Waals surface area (Å²) in [6.45, 7) is 1.87. The van der Waals surface area contributed by atoms with Crippen molar-refractivity contribution in [2.75, 3.05) is 5.32 Å². The molecule has 6 heteroatoms. The van der Waals surface area contributed by atoms with Crippen LogP contribution in [0.4, 0.5) is 9.93 Å². The molecule has 20 heavy (non-hydrogen) atoms. The van der Waals surface area contributed by atoms with Crippen LogP contribution in [-0.2, 0) is 6.42 Å². The summed E-state index contributed by atoms with van der Waals surface area (Å²) in [5, 5.41) is 18.0. The Labute approximate surface area is 120 Å². The van der Waals surface area contributed by atoms with Crippen LogP contribution < -0.4 is 10.6 Å². The molecule has 3 rings (SSSR count). The van der Waals surface area contributed by atoms with Crippen molar-refractivity contribution in [3.63, 3.8) is 0 Å². The summed E-state index contributed by atoms with van der Waals surface area (Å²) in [6, 6.07) is 7.04. The molecule has 2 atom stereocenters. The van der Waals surface area contributed by atoms with Crippen molar-refractivity contribution >= 4 is 22.5 Å². The van der Waals surface area contributed by atoms with Crippen molar-refractivity contribution in [3.05, 3.63) is 46.5 Å². The quantitative estimate of drug-likeness (QED) is 0.793. The van der Waals surface area contributed by atoms with E-state index in [1.54, 1.807) is 0 Å². The highest BCUT2D eigenvalue weighted by atomic mass is 32.1. The van der Waals surface area contributed by atoms with Crippen LogP contribution in [0.15, 0.2) is 29.6 Å². The summed E-state index contributed by atoms with van der Waals surface area (Å²) in [6.07, 6.45) is -0.0199. The number of urea groups is 1. The number of aryl methyl sites for hydroxylation is 1. The highest BCUT2D eigenvalue weighted by Crippen LogP contribution is 2.31. The van der Waals surface area contributed by atoms with E-state index < -0.39 is 6.10 Å². The molecule has 2 aromatic rings. The molecule has 1 aromatic heterocycles. The third-order valence-corrected chi connectivity index (χ3v) is 4.21. The van der Waals surface area contributed by atoms with Gasteiger partial charge in [-0.3, -0.25) is 5.32 Å². The number of hydrogen-bond donors (Lipinski definition) is 3. The topological polar surface area (TPSA) is 74.2 Å². The van der Waals surface area contributed by atoms with E-state index in [1.807, 2.05) is 36.6 Å². The Morgan fingerprint density at radius 1 is 1.45 bits per heavy atom. The Kier molecular flexibility index (Phi) is 3.42. The van der Waals surface area contributed by atoms with Crippen LogP contribution >= 0.6 is 11.3 Å². The average Bonchev–Trinajstić information content (AvgIpc) is 2.94. The number of carbonyl (C=O) groups excluding carboxylic acids is 1. The van der Waals surface area contributed by atoms with Gasteiger partial charge in [0, 0.05) is 11.8 Å². The number of aliphatic hydroxyl groups excluding tert-OH is 1. The van der Waals surface area contributed by atoms with Gasteiger partial charge in [0.25, 0.3) is 0 Å². The fraction of sp³-hybridized carbons (Fsp3) is 0.286. The molecule has 0 aliphatic heterocycles. The molecule has 5 nitrogen and oxygen atoms in total.